The number of hydrogen-bond donors (Lipinski definition) is 2. The molecule has 10 heteroatoms. The Labute approximate surface area is 176 Å². The molecule has 0 spiro atoms. The fourth-order valence-corrected chi connectivity index (χ4v) is 3.56. The van der Waals surface area contributed by atoms with Gasteiger partial charge in [-0.1, -0.05) is 23.8 Å². The van der Waals surface area contributed by atoms with Gasteiger partial charge in [0.25, 0.3) is 5.56 Å². The molecule has 0 aliphatic rings. The zero-order chi connectivity index (χ0) is 21.7. The summed E-state index contributed by atoms with van der Waals surface area (Å²) >= 11 is 1.10. The van der Waals surface area contributed by atoms with Crippen LogP contribution in [0.3, 0.4) is 0 Å². The maximum atomic E-state index is 12.6. The third-order valence-electron chi connectivity index (χ3n) is 4.17. The molecule has 3 rings (SSSR count). The second kappa shape index (κ2) is 9.28. The minimum absolute atomic E-state index is 0.0971. The number of benzene rings is 1. The fourth-order valence-electron chi connectivity index (χ4n) is 2.66. The molecule has 1 unspecified atom stereocenters. The van der Waals surface area contributed by atoms with Crippen molar-refractivity contribution in [3.8, 4) is 23.1 Å². The first-order valence-corrected chi connectivity index (χ1v) is 9.92. The van der Waals surface area contributed by atoms with Gasteiger partial charge in [0.1, 0.15) is 23.1 Å². The van der Waals surface area contributed by atoms with Crippen molar-refractivity contribution < 1.29 is 14.1 Å². The number of carbonyl (C=O) groups is 1. The van der Waals surface area contributed by atoms with Crippen molar-refractivity contribution in [2.24, 2.45) is 0 Å². The van der Waals surface area contributed by atoms with Crippen LogP contribution in [0.5, 0.6) is 5.75 Å². The molecular weight excluding hydrogens is 406 g/mol. The van der Waals surface area contributed by atoms with Crippen LogP contribution in [0.15, 0.2) is 44.8 Å². The highest BCUT2D eigenvalue weighted by Gasteiger charge is 2.22. The van der Waals surface area contributed by atoms with Crippen molar-refractivity contribution in [3.63, 3.8) is 0 Å². The third-order valence-corrected chi connectivity index (χ3v) is 5.42. The summed E-state index contributed by atoms with van der Waals surface area (Å²) in [6.45, 7) is 3.57. The van der Waals surface area contributed by atoms with Gasteiger partial charge in [0.05, 0.1) is 18.1 Å². The van der Waals surface area contributed by atoms with Crippen LogP contribution in [0.25, 0.3) is 11.3 Å². The Hall–Kier alpha value is -3.58. The lowest BCUT2D eigenvalue weighted by atomic mass is 10.1. The summed E-state index contributed by atoms with van der Waals surface area (Å²) in [5.41, 5.74) is 0.174. The largest absolute Gasteiger partial charge is 0.497 e. The van der Waals surface area contributed by atoms with Crippen molar-refractivity contribution in [1.82, 2.24) is 15.1 Å². The second-order valence-corrected chi connectivity index (χ2v) is 7.45. The molecule has 3 aromatic rings. The molecule has 2 aromatic heterocycles. The van der Waals surface area contributed by atoms with Crippen LogP contribution in [-0.4, -0.2) is 33.4 Å². The van der Waals surface area contributed by atoms with E-state index in [-0.39, 0.29) is 22.3 Å². The first-order valence-electron chi connectivity index (χ1n) is 9.04. The molecule has 0 saturated heterocycles. The second-order valence-electron chi connectivity index (χ2n) is 6.26. The number of methoxy groups -OCH3 is 1. The molecule has 1 aromatic carbocycles. The van der Waals surface area contributed by atoms with Crippen LogP contribution >= 0.6 is 11.8 Å². The average molecular weight is 425 g/mol. The number of hydrogen-bond acceptors (Lipinski definition) is 8. The Kier molecular flexibility index (Phi) is 6.54. The molecule has 0 bridgehead atoms. The number of thioether (sulfide) groups is 1. The van der Waals surface area contributed by atoms with Crippen molar-refractivity contribution in [3.05, 3.63) is 52.0 Å². The van der Waals surface area contributed by atoms with E-state index < -0.39 is 10.8 Å². The molecular formula is C20H19N5O4S. The van der Waals surface area contributed by atoms with E-state index in [2.05, 4.69) is 20.4 Å². The van der Waals surface area contributed by atoms with Crippen molar-refractivity contribution in [2.45, 2.75) is 30.7 Å². The van der Waals surface area contributed by atoms with Gasteiger partial charge in [0.15, 0.2) is 11.0 Å². The molecule has 0 saturated carbocycles. The van der Waals surface area contributed by atoms with E-state index in [1.165, 1.54) is 0 Å². The maximum absolute atomic E-state index is 12.6. The Bertz CT molecular complexity index is 1150. The zero-order valence-corrected chi connectivity index (χ0v) is 17.4. The Morgan fingerprint density at radius 1 is 1.40 bits per heavy atom. The van der Waals surface area contributed by atoms with E-state index in [9.17, 15) is 14.9 Å². The number of nitriles is 1. The topological polar surface area (TPSA) is 134 Å². The maximum Gasteiger partial charge on any atom is 0.270 e. The van der Waals surface area contributed by atoms with Gasteiger partial charge in [-0.25, -0.2) is 4.98 Å². The number of H-pyrrole nitrogens is 1. The van der Waals surface area contributed by atoms with Crippen LogP contribution in [0.1, 0.15) is 24.7 Å². The van der Waals surface area contributed by atoms with Crippen molar-refractivity contribution in [1.29, 1.82) is 5.26 Å². The van der Waals surface area contributed by atoms with E-state index in [0.717, 1.165) is 11.8 Å². The Balaban J connectivity index is 1.89. The number of nitrogens with one attached hydrogen (secondary N) is 2. The Morgan fingerprint density at radius 2 is 2.13 bits per heavy atom. The summed E-state index contributed by atoms with van der Waals surface area (Å²) in [6.07, 6.45) is 0.481. The molecule has 154 valence electrons. The number of carbonyl (C=O) groups excluding carboxylic acids is 1. The molecule has 1 amide bonds. The van der Waals surface area contributed by atoms with Gasteiger partial charge in [0, 0.05) is 11.6 Å². The number of aromatic nitrogens is 3. The van der Waals surface area contributed by atoms with Gasteiger partial charge in [0.2, 0.25) is 5.91 Å². The third kappa shape index (κ3) is 4.69. The predicted molar refractivity (Wildman–Crippen MR) is 111 cm³/mol. The monoisotopic (exact) mass is 425 g/mol. The average Bonchev–Trinajstić information content (AvgIpc) is 3.16. The number of ether oxygens (including phenoxy) is 1. The highest BCUT2D eigenvalue weighted by atomic mass is 32.2. The zero-order valence-electron chi connectivity index (χ0n) is 16.6. The highest BCUT2D eigenvalue weighted by molar-refractivity contribution is 8.00. The fraction of sp³-hybridized carbons (Fsp3) is 0.250. The minimum Gasteiger partial charge on any atom is -0.497 e. The van der Waals surface area contributed by atoms with Crippen LogP contribution in [0.2, 0.25) is 0 Å². The van der Waals surface area contributed by atoms with Gasteiger partial charge >= 0.3 is 0 Å². The summed E-state index contributed by atoms with van der Waals surface area (Å²) in [6, 6.07) is 10.4. The van der Waals surface area contributed by atoms with Crippen molar-refractivity contribution in [2.75, 3.05) is 12.4 Å². The van der Waals surface area contributed by atoms with Gasteiger partial charge in [-0.05, 0) is 37.6 Å². The molecule has 0 fully saturated rings. The summed E-state index contributed by atoms with van der Waals surface area (Å²) in [4.78, 5) is 32.1. The lowest BCUT2D eigenvalue weighted by molar-refractivity contribution is -0.115. The number of aryl methyl sites for hydroxylation is 1. The first-order chi connectivity index (χ1) is 14.4. The lowest BCUT2D eigenvalue weighted by Gasteiger charge is -2.13. The predicted octanol–water partition coefficient (Wildman–Crippen LogP) is 3.12. The minimum atomic E-state index is -0.566. The van der Waals surface area contributed by atoms with Crippen LogP contribution in [0.4, 0.5) is 5.82 Å². The number of amides is 1. The highest BCUT2D eigenvalue weighted by Crippen LogP contribution is 2.27. The van der Waals surface area contributed by atoms with E-state index >= 15 is 0 Å². The quantitative estimate of drug-likeness (QED) is 0.436. The van der Waals surface area contributed by atoms with E-state index in [1.54, 1.807) is 44.4 Å². The molecule has 0 radical (unpaired) electrons. The molecule has 2 heterocycles. The SMILES string of the molecule is CCC(Sc1nc(-c2ccc(OC)cc2)c(C#N)c(=O)[nH]1)C(=O)Nc1cc(C)on1. The van der Waals surface area contributed by atoms with Gasteiger partial charge in [-0.3, -0.25) is 9.59 Å². The summed E-state index contributed by atoms with van der Waals surface area (Å²) in [5.74, 6) is 1.24. The van der Waals surface area contributed by atoms with Crippen LogP contribution in [-0.2, 0) is 4.79 Å². The molecule has 0 aliphatic heterocycles. The molecule has 0 aliphatic carbocycles. The van der Waals surface area contributed by atoms with Crippen LogP contribution < -0.4 is 15.6 Å². The van der Waals surface area contributed by atoms with Gasteiger partial charge in [-0.15, -0.1) is 0 Å². The molecule has 9 nitrogen and oxygen atoms in total. The lowest BCUT2D eigenvalue weighted by Crippen LogP contribution is -2.25. The summed E-state index contributed by atoms with van der Waals surface area (Å²) in [7, 11) is 1.55. The van der Waals surface area contributed by atoms with E-state index in [0.29, 0.717) is 29.3 Å². The van der Waals surface area contributed by atoms with Crippen molar-refractivity contribution >= 4 is 23.5 Å². The number of nitrogens with zero attached hydrogens (tertiary/aromatic N) is 3. The number of aromatic amines is 1. The van der Waals surface area contributed by atoms with E-state index in [4.69, 9.17) is 9.26 Å². The number of anilines is 1. The smallest absolute Gasteiger partial charge is 0.270 e. The summed E-state index contributed by atoms with van der Waals surface area (Å²) < 4.78 is 10.1. The molecule has 30 heavy (non-hydrogen) atoms. The van der Waals surface area contributed by atoms with E-state index in [1.807, 2.05) is 13.0 Å². The standard InChI is InChI=1S/C20H19N5O4S/c1-4-15(19(27)22-16-9-11(2)29-25-16)30-20-23-17(14(10-21)18(26)24-20)12-5-7-13(28-3)8-6-12/h5-9,15H,4H2,1-3H3,(H,22,25,27)(H,23,24,26). The normalized spacial score (nSPS) is 11.5. The molecule has 2 N–H and O–H groups in total. The van der Waals surface area contributed by atoms with Gasteiger partial charge in [-0.2, -0.15) is 5.26 Å². The van der Waals surface area contributed by atoms with Gasteiger partial charge < -0.3 is 19.6 Å². The first kappa shape index (κ1) is 21.1. The van der Waals surface area contributed by atoms with Crippen LogP contribution in [0, 0.1) is 18.3 Å². The summed E-state index contributed by atoms with van der Waals surface area (Å²) in [5, 5.41) is 15.5. The molecule has 1 atom stereocenters. The number of rotatable bonds is 7. The Morgan fingerprint density at radius 3 is 2.70 bits per heavy atom.